The van der Waals surface area contributed by atoms with Crippen molar-refractivity contribution in [2.24, 2.45) is 0 Å². The molecule has 2 aromatic rings. The molecule has 0 radical (unpaired) electrons. The Balaban J connectivity index is 1.38. The molecule has 0 saturated carbocycles. The minimum absolute atomic E-state index is 0.00127. The van der Waals surface area contributed by atoms with Crippen LogP contribution in [0.3, 0.4) is 0 Å². The predicted octanol–water partition coefficient (Wildman–Crippen LogP) is 2.61. The van der Waals surface area contributed by atoms with E-state index in [2.05, 4.69) is 4.90 Å². The Labute approximate surface area is 163 Å². The van der Waals surface area contributed by atoms with Crippen LogP contribution in [0.4, 0.5) is 0 Å². The van der Waals surface area contributed by atoms with Gasteiger partial charge in [-0.1, -0.05) is 6.07 Å². The van der Waals surface area contributed by atoms with E-state index in [1.807, 2.05) is 22.3 Å². The molecule has 1 aromatic heterocycles. The average molecular weight is 388 g/mol. The number of piperazine rings is 1. The number of methoxy groups -OCH3 is 2. The molecular formula is C20H25N3O3S. The van der Waals surface area contributed by atoms with Crippen molar-refractivity contribution in [2.75, 3.05) is 40.4 Å². The predicted molar refractivity (Wildman–Crippen MR) is 105 cm³/mol. The summed E-state index contributed by atoms with van der Waals surface area (Å²) >= 11 is 1.86. The van der Waals surface area contributed by atoms with Gasteiger partial charge in [-0.05, 0) is 31.4 Å². The third-order valence-electron chi connectivity index (χ3n) is 5.29. The van der Waals surface area contributed by atoms with Gasteiger partial charge in [-0.15, -0.1) is 11.3 Å². The number of fused-ring (bicyclic) bond motifs is 1. The zero-order valence-electron chi connectivity index (χ0n) is 15.9. The number of hydrogen-bond donors (Lipinski definition) is 0. The summed E-state index contributed by atoms with van der Waals surface area (Å²) in [5.74, 6) is 1.09. The number of nitrogens with zero attached hydrogens (tertiary/aromatic N) is 3. The fourth-order valence-electron chi connectivity index (χ4n) is 3.84. The Morgan fingerprint density at radius 3 is 2.67 bits per heavy atom. The van der Waals surface area contributed by atoms with Gasteiger partial charge >= 0.3 is 0 Å². The molecule has 1 aliphatic heterocycles. The molecule has 2 aliphatic rings. The van der Waals surface area contributed by atoms with Gasteiger partial charge in [-0.25, -0.2) is 4.98 Å². The third-order valence-corrected chi connectivity index (χ3v) is 6.43. The topological polar surface area (TPSA) is 54.9 Å². The molecule has 0 bridgehead atoms. The summed E-state index contributed by atoms with van der Waals surface area (Å²) in [5, 5.41) is 1.22. The van der Waals surface area contributed by atoms with Crippen LogP contribution in [0, 0.1) is 0 Å². The van der Waals surface area contributed by atoms with Gasteiger partial charge in [0.15, 0.2) is 11.5 Å². The zero-order valence-corrected chi connectivity index (χ0v) is 16.7. The van der Waals surface area contributed by atoms with E-state index in [0.29, 0.717) is 30.2 Å². The Kier molecular flexibility index (Phi) is 5.31. The van der Waals surface area contributed by atoms with Crippen LogP contribution in [0.5, 0.6) is 11.5 Å². The molecule has 1 aliphatic carbocycles. The molecule has 1 saturated heterocycles. The van der Waals surface area contributed by atoms with Crippen molar-refractivity contribution in [1.82, 2.24) is 14.8 Å². The molecule has 0 atom stereocenters. The van der Waals surface area contributed by atoms with Crippen molar-refractivity contribution in [3.8, 4) is 11.5 Å². The number of aryl methyl sites for hydroxylation is 2. The Morgan fingerprint density at radius 1 is 1.15 bits per heavy atom. The Bertz CT molecular complexity index is 806. The van der Waals surface area contributed by atoms with Crippen molar-refractivity contribution in [3.05, 3.63) is 39.3 Å². The van der Waals surface area contributed by atoms with E-state index in [-0.39, 0.29) is 5.91 Å². The van der Waals surface area contributed by atoms with Crippen LogP contribution < -0.4 is 9.47 Å². The Hall–Kier alpha value is -2.12. The monoisotopic (exact) mass is 387 g/mol. The number of benzene rings is 1. The number of rotatable bonds is 5. The number of ether oxygens (including phenoxy) is 2. The van der Waals surface area contributed by atoms with E-state index in [0.717, 1.165) is 26.1 Å². The first-order valence-corrected chi connectivity index (χ1v) is 10.2. The van der Waals surface area contributed by atoms with Crippen LogP contribution in [-0.2, 0) is 19.4 Å². The summed E-state index contributed by atoms with van der Waals surface area (Å²) in [5.41, 5.74) is 1.87. The summed E-state index contributed by atoms with van der Waals surface area (Å²) in [4.78, 5) is 23.5. The molecule has 1 aromatic carbocycles. The first kappa shape index (κ1) is 18.3. The second-order valence-corrected chi connectivity index (χ2v) is 8.11. The molecular weight excluding hydrogens is 362 g/mol. The van der Waals surface area contributed by atoms with Gasteiger partial charge in [0.2, 0.25) is 0 Å². The summed E-state index contributed by atoms with van der Waals surface area (Å²) in [6.45, 7) is 4.04. The zero-order chi connectivity index (χ0) is 18.8. The highest BCUT2D eigenvalue weighted by molar-refractivity contribution is 7.11. The van der Waals surface area contributed by atoms with Crippen molar-refractivity contribution < 1.29 is 14.3 Å². The van der Waals surface area contributed by atoms with Gasteiger partial charge in [0.05, 0.1) is 32.0 Å². The van der Waals surface area contributed by atoms with E-state index < -0.39 is 0 Å². The van der Waals surface area contributed by atoms with Crippen molar-refractivity contribution in [1.29, 1.82) is 0 Å². The van der Waals surface area contributed by atoms with Gasteiger partial charge in [0.1, 0.15) is 5.01 Å². The fraction of sp³-hybridized carbons (Fsp3) is 0.500. The summed E-state index contributed by atoms with van der Waals surface area (Å²) < 4.78 is 10.7. The lowest BCUT2D eigenvalue weighted by molar-refractivity contribution is 0.0624. The van der Waals surface area contributed by atoms with E-state index in [4.69, 9.17) is 14.5 Å². The maximum Gasteiger partial charge on any atom is 0.257 e. The number of aromatic nitrogens is 1. The van der Waals surface area contributed by atoms with Crippen LogP contribution in [0.25, 0.3) is 0 Å². The fourth-order valence-corrected chi connectivity index (χ4v) is 5.04. The van der Waals surface area contributed by atoms with Crippen molar-refractivity contribution in [3.63, 3.8) is 0 Å². The van der Waals surface area contributed by atoms with Crippen LogP contribution in [-0.4, -0.2) is 61.1 Å². The van der Waals surface area contributed by atoms with Crippen LogP contribution in [0.15, 0.2) is 18.2 Å². The summed E-state index contributed by atoms with van der Waals surface area (Å²) in [6.07, 6.45) is 3.58. The largest absolute Gasteiger partial charge is 0.493 e. The molecule has 0 spiro atoms. The lowest BCUT2D eigenvalue weighted by Crippen LogP contribution is -2.48. The van der Waals surface area contributed by atoms with E-state index in [9.17, 15) is 4.79 Å². The van der Waals surface area contributed by atoms with Gasteiger partial charge in [-0.3, -0.25) is 9.69 Å². The minimum Gasteiger partial charge on any atom is -0.493 e. The molecule has 6 nitrogen and oxygen atoms in total. The van der Waals surface area contributed by atoms with E-state index in [1.54, 1.807) is 26.4 Å². The first-order valence-electron chi connectivity index (χ1n) is 9.39. The number of hydrogen-bond acceptors (Lipinski definition) is 6. The number of para-hydroxylation sites is 1. The van der Waals surface area contributed by atoms with Crippen LogP contribution in [0.1, 0.15) is 32.4 Å². The maximum absolute atomic E-state index is 13.0. The summed E-state index contributed by atoms with van der Waals surface area (Å²) in [7, 11) is 3.15. The molecule has 4 rings (SSSR count). The second kappa shape index (κ2) is 7.86. The maximum atomic E-state index is 13.0. The van der Waals surface area contributed by atoms with Gasteiger partial charge in [-0.2, -0.15) is 0 Å². The highest BCUT2D eigenvalue weighted by Crippen LogP contribution is 2.32. The molecule has 2 heterocycles. The van der Waals surface area contributed by atoms with Crippen molar-refractivity contribution >= 4 is 17.2 Å². The minimum atomic E-state index is -0.00127. The van der Waals surface area contributed by atoms with Crippen molar-refractivity contribution in [2.45, 2.75) is 25.8 Å². The average Bonchev–Trinajstić information content (AvgIpc) is 3.29. The van der Waals surface area contributed by atoms with E-state index >= 15 is 0 Å². The molecule has 1 fully saturated rings. The molecule has 27 heavy (non-hydrogen) atoms. The first-order chi connectivity index (χ1) is 13.2. The lowest BCUT2D eigenvalue weighted by atomic mass is 10.1. The van der Waals surface area contributed by atoms with Gasteiger partial charge in [0.25, 0.3) is 5.91 Å². The normalized spacial score (nSPS) is 17.0. The second-order valence-electron chi connectivity index (χ2n) is 6.94. The van der Waals surface area contributed by atoms with Crippen LogP contribution >= 0.6 is 11.3 Å². The lowest BCUT2D eigenvalue weighted by Gasteiger charge is -2.34. The van der Waals surface area contributed by atoms with Crippen LogP contribution in [0.2, 0.25) is 0 Å². The molecule has 0 N–H and O–H groups in total. The molecule has 7 heteroatoms. The van der Waals surface area contributed by atoms with Gasteiger partial charge < -0.3 is 14.4 Å². The number of thiazole rings is 1. The molecule has 1 amide bonds. The smallest absolute Gasteiger partial charge is 0.257 e. The Morgan fingerprint density at radius 2 is 1.96 bits per heavy atom. The summed E-state index contributed by atoms with van der Waals surface area (Å²) in [6, 6.07) is 5.43. The molecule has 144 valence electrons. The number of carbonyl (C=O) groups excluding carboxylic acids is 1. The standard InChI is InChI=1S/C20H25N3O3S/c1-25-16-7-3-5-14(19(16)26-2)20(24)23-11-9-22(10-12-23)13-18-21-15-6-4-8-17(15)27-18/h3,5,7H,4,6,8-13H2,1-2H3. The van der Waals surface area contributed by atoms with E-state index in [1.165, 1.54) is 28.4 Å². The number of amides is 1. The third kappa shape index (κ3) is 3.66. The highest BCUT2D eigenvalue weighted by Gasteiger charge is 2.26. The highest BCUT2D eigenvalue weighted by atomic mass is 32.1. The SMILES string of the molecule is COc1cccc(C(=O)N2CCN(Cc3nc4c(s3)CCC4)CC2)c1OC. The molecule has 0 unspecified atom stereocenters. The van der Waals surface area contributed by atoms with Gasteiger partial charge in [0, 0.05) is 31.1 Å². The number of carbonyl (C=O) groups is 1. The quantitative estimate of drug-likeness (QED) is 0.789.